The highest BCUT2D eigenvalue weighted by atomic mass is 16.3. The summed E-state index contributed by atoms with van der Waals surface area (Å²) in [6.45, 7) is 20.1. The van der Waals surface area contributed by atoms with Gasteiger partial charge in [-0.2, -0.15) is 0 Å². The average Bonchev–Trinajstić information content (AvgIpc) is 3.03. The first kappa shape index (κ1) is 39.0. The third kappa shape index (κ3) is 6.83. The fourth-order valence-corrected chi connectivity index (χ4v) is 8.41. The maximum absolute atomic E-state index is 15.9. The molecule has 1 saturated carbocycles. The lowest BCUT2D eigenvalue weighted by Crippen LogP contribution is -2.72. The van der Waals surface area contributed by atoms with Crippen molar-refractivity contribution in [2.75, 3.05) is 0 Å². The summed E-state index contributed by atoms with van der Waals surface area (Å²) in [6.07, 6.45) is 1.27. The number of amides is 2. The van der Waals surface area contributed by atoms with Crippen LogP contribution in [-0.4, -0.2) is 39.0 Å². The maximum Gasteiger partial charge on any atom is 0.239 e. The molecule has 276 valence electrons. The van der Waals surface area contributed by atoms with Crippen molar-refractivity contribution < 1.29 is 19.8 Å². The summed E-state index contributed by atoms with van der Waals surface area (Å²) in [5, 5.41) is 27.7. The summed E-state index contributed by atoms with van der Waals surface area (Å²) in [4.78, 5) is 31.2. The largest absolute Gasteiger partial charge is 0.378 e. The van der Waals surface area contributed by atoms with Gasteiger partial charge in [0, 0.05) is 0 Å². The van der Waals surface area contributed by atoms with E-state index in [1.54, 1.807) is 4.90 Å². The number of aryl methyl sites for hydroxylation is 4. The Labute approximate surface area is 311 Å². The Hall–Kier alpha value is -4.26. The van der Waals surface area contributed by atoms with Crippen molar-refractivity contribution in [3.05, 3.63) is 142 Å². The van der Waals surface area contributed by atoms with Gasteiger partial charge in [-0.15, -0.1) is 0 Å². The molecule has 4 aromatic carbocycles. The van der Waals surface area contributed by atoms with Gasteiger partial charge in [0.05, 0.1) is 12.1 Å². The van der Waals surface area contributed by atoms with Crippen molar-refractivity contribution in [1.82, 2.24) is 4.90 Å². The van der Waals surface area contributed by atoms with Gasteiger partial charge in [0.25, 0.3) is 0 Å². The standard InChI is InChI=1S/C46H58N2O4/c1-30-12-20-34(21-13-30)45(51,35-22-14-31(2)15-23-35)38(42(5,6)7)48(41(50)44(40(47)49)28-11-29-44)39(43(8,9)10)46(52,36-24-16-32(3)17-25-36)37-26-18-33(4)19-27-37/h12-27,38-39,51-52H,11,28-29H2,1-10H3,(H2,47,49). The van der Waals surface area contributed by atoms with Crippen LogP contribution in [0.1, 0.15) is 105 Å². The van der Waals surface area contributed by atoms with E-state index in [1.807, 2.05) is 166 Å². The van der Waals surface area contributed by atoms with Crippen molar-refractivity contribution >= 4 is 11.8 Å². The van der Waals surface area contributed by atoms with Gasteiger partial charge in [0.1, 0.15) is 16.6 Å². The van der Waals surface area contributed by atoms with E-state index in [0.29, 0.717) is 41.5 Å². The maximum atomic E-state index is 15.9. The molecular weight excluding hydrogens is 645 g/mol. The number of rotatable bonds is 10. The van der Waals surface area contributed by atoms with E-state index in [2.05, 4.69) is 0 Å². The highest BCUT2D eigenvalue weighted by molar-refractivity contribution is 6.05. The lowest BCUT2D eigenvalue weighted by molar-refractivity contribution is -0.188. The fourth-order valence-electron chi connectivity index (χ4n) is 8.41. The van der Waals surface area contributed by atoms with Crippen LogP contribution in [0.4, 0.5) is 0 Å². The molecule has 0 bridgehead atoms. The number of hydrogen-bond donors (Lipinski definition) is 3. The Morgan fingerprint density at radius 1 is 0.558 bits per heavy atom. The predicted molar refractivity (Wildman–Crippen MR) is 210 cm³/mol. The zero-order valence-corrected chi connectivity index (χ0v) is 32.7. The summed E-state index contributed by atoms with van der Waals surface area (Å²) >= 11 is 0. The van der Waals surface area contributed by atoms with Crippen molar-refractivity contribution in [2.24, 2.45) is 22.0 Å². The first-order chi connectivity index (χ1) is 24.2. The van der Waals surface area contributed by atoms with Crippen LogP contribution >= 0.6 is 0 Å². The van der Waals surface area contributed by atoms with E-state index in [0.717, 1.165) is 22.3 Å². The normalized spacial score (nSPS) is 16.1. The molecule has 0 saturated heterocycles. The summed E-state index contributed by atoms with van der Waals surface area (Å²) < 4.78 is 0. The van der Waals surface area contributed by atoms with Crippen molar-refractivity contribution in [1.29, 1.82) is 0 Å². The van der Waals surface area contributed by atoms with Crippen LogP contribution in [0, 0.1) is 43.9 Å². The minimum atomic E-state index is -1.80. The smallest absolute Gasteiger partial charge is 0.239 e. The Bertz CT molecular complexity index is 1670. The first-order valence-corrected chi connectivity index (χ1v) is 18.5. The number of primary amides is 1. The van der Waals surface area contributed by atoms with Crippen LogP contribution in [0.25, 0.3) is 0 Å². The number of nitrogens with zero attached hydrogens (tertiary/aromatic N) is 1. The topological polar surface area (TPSA) is 104 Å². The lowest BCUT2D eigenvalue weighted by atomic mass is 9.61. The summed E-state index contributed by atoms with van der Waals surface area (Å²) in [5.74, 6) is -1.15. The second-order valence-corrected chi connectivity index (χ2v) is 17.5. The van der Waals surface area contributed by atoms with Gasteiger partial charge in [-0.1, -0.05) is 167 Å². The Morgan fingerprint density at radius 3 is 0.981 bits per heavy atom. The molecule has 6 heteroatoms. The zero-order chi connectivity index (χ0) is 38.4. The molecule has 2 amide bonds. The third-order valence-corrected chi connectivity index (χ3v) is 11.3. The molecule has 2 atom stereocenters. The summed E-state index contributed by atoms with van der Waals surface area (Å²) in [5.41, 5.74) is 5.97. The van der Waals surface area contributed by atoms with Crippen LogP contribution in [-0.2, 0) is 20.8 Å². The second-order valence-electron chi connectivity index (χ2n) is 17.5. The Balaban J connectivity index is 1.98. The Morgan fingerprint density at radius 2 is 0.808 bits per heavy atom. The number of nitrogens with two attached hydrogens (primary N) is 1. The molecule has 0 aliphatic heterocycles. The van der Waals surface area contributed by atoms with Gasteiger partial charge >= 0.3 is 0 Å². The fraction of sp³-hybridized carbons (Fsp3) is 0.435. The molecule has 0 radical (unpaired) electrons. The van der Waals surface area contributed by atoms with E-state index in [-0.39, 0.29) is 0 Å². The minimum absolute atomic E-state index is 0.298. The van der Waals surface area contributed by atoms with Crippen LogP contribution < -0.4 is 5.73 Å². The van der Waals surface area contributed by atoms with Gasteiger partial charge in [0.15, 0.2) is 0 Å². The molecule has 52 heavy (non-hydrogen) atoms. The monoisotopic (exact) mass is 702 g/mol. The summed E-state index contributed by atoms with van der Waals surface area (Å²) in [6, 6.07) is 29.0. The van der Waals surface area contributed by atoms with Crippen LogP contribution in [0.15, 0.2) is 97.1 Å². The number of aliphatic hydroxyl groups is 2. The van der Waals surface area contributed by atoms with Crippen molar-refractivity contribution in [3.8, 4) is 0 Å². The molecule has 0 heterocycles. The Kier molecular flexibility index (Phi) is 10.4. The summed E-state index contributed by atoms with van der Waals surface area (Å²) in [7, 11) is 0. The van der Waals surface area contributed by atoms with Crippen LogP contribution in [0.2, 0.25) is 0 Å². The second kappa shape index (κ2) is 13.9. The predicted octanol–water partition coefficient (Wildman–Crippen LogP) is 8.41. The molecule has 6 nitrogen and oxygen atoms in total. The van der Waals surface area contributed by atoms with Gasteiger partial charge in [-0.05, 0) is 73.6 Å². The van der Waals surface area contributed by atoms with E-state index >= 15 is 4.79 Å². The van der Waals surface area contributed by atoms with Gasteiger partial charge < -0.3 is 20.8 Å². The van der Waals surface area contributed by atoms with E-state index in [4.69, 9.17) is 5.73 Å². The molecule has 4 N–H and O–H groups in total. The molecule has 2 unspecified atom stereocenters. The van der Waals surface area contributed by atoms with Crippen LogP contribution in [0.3, 0.4) is 0 Å². The highest BCUT2D eigenvalue weighted by Crippen LogP contribution is 2.54. The van der Waals surface area contributed by atoms with Crippen molar-refractivity contribution in [2.45, 2.75) is 112 Å². The van der Waals surface area contributed by atoms with Gasteiger partial charge in [-0.25, -0.2) is 0 Å². The van der Waals surface area contributed by atoms with Crippen molar-refractivity contribution in [3.63, 3.8) is 0 Å². The number of benzene rings is 4. The molecule has 4 aromatic rings. The number of carbonyl (C=O) groups excluding carboxylic acids is 2. The molecule has 1 fully saturated rings. The third-order valence-electron chi connectivity index (χ3n) is 11.3. The number of carbonyl (C=O) groups is 2. The quantitative estimate of drug-likeness (QED) is 0.144. The molecule has 0 aromatic heterocycles. The number of hydrogen-bond acceptors (Lipinski definition) is 4. The molecule has 1 aliphatic carbocycles. The van der Waals surface area contributed by atoms with Gasteiger partial charge in [0.2, 0.25) is 11.8 Å². The average molecular weight is 703 g/mol. The van der Waals surface area contributed by atoms with Crippen LogP contribution in [0.5, 0.6) is 0 Å². The highest BCUT2D eigenvalue weighted by Gasteiger charge is 2.63. The molecule has 5 rings (SSSR count). The van der Waals surface area contributed by atoms with E-state index < -0.39 is 51.3 Å². The lowest BCUT2D eigenvalue weighted by Gasteiger charge is -2.60. The molecular formula is C46H58N2O4. The van der Waals surface area contributed by atoms with E-state index in [9.17, 15) is 15.0 Å². The van der Waals surface area contributed by atoms with Gasteiger partial charge in [-0.3, -0.25) is 9.59 Å². The minimum Gasteiger partial charge on any atom is -0.378 e. The molecule has 0 spiro atoms. The first-order valence-electron chi connectivity index (χ1n) is 18.5. The zero-order valence-electron chi connectivity index (χ0n) is 32.7. The molecule has 1 aliphatic rings. The SMILES string of the molecule is Cc1ccc(C(O)(c2ccc(C)cc2)C(N(C(=O)C2(C(N)=O)CCC2)C(C(C)(C)C)C(O)(c2ccc(C)cc2)c2ccc(C)cc2)C(C)(C)C)cc1. The van der Waals surface area contributed by atoms with E-state index in [1.165, 1.54) is 0 Å².